The number of nitrogens with two attached hydrogens (primary N) is 1. The number of ether oxygens (including phenoxy) is 1. The minimum Gasteiger partial charge on any atom is -0.381 e. The molecule has 0 atom stereocenters. The van der Waals surface area contributed by atoms with Crippen LogP contribution in [0.1, 0.15) is 24.0 Å². The molecule has 1 aromatic rings. The lowest BCUT2D eigenvalue weighted by Gasteiger charge is -2.34. The summed E-state index contributed by atoms with van der Waals surface area (Å²) in [7, 11) is 0. The molecule has 1 aromatic carbocycles. The van der Waals surface area contributed by atoms with Crippen molar-refractivity contribution in [3.63, 3.8) is 0 Å². The standard InChI is InChI=1S/C15H19F3N2O2/c16-15(17,18)12-4-2-1-3-11(12)9-20-13(21)14(10-19)5-7-22-8-6-14/h1-4H,5-10,19H2,(H,20,21). The molecule has 1 saturated heterocycles. The van der Waals surface area contributed by atoms with Crippen LogP contribution in [0.3, 0.4) is 0 Å². The first-order chi connectivity index (χ1) is 10.4. The third-order valence-corrected chi connectivity index (χ3v) is 4.08. The quantitative estimate of drug-likeness (QED) is 0.894. The van der Waals surface area contributed by atoms with E-state index in [-0.39, 0.29) is 24.6 Å². The highest BCUT2D eigenvalue weighted by atomic mass is 19.4. The lowest BCUT2D eigenvalue weighted by molar-refractivity contribution is -0.139. The number of rotatable bonds is 4. The van der Waals surface area contributed by atoms with E-state index in [2.05, 4.69) is 5.32 Å². The van der Waals surface area contributed by atoms with Gasteiger partial charge in [-0.2, -0.15) is 13.2 Å². The largest absolute Gasteiger partial charge is 0.416 e. The van der Waals surface area contributed by atoms with E-state index in [1.165, 1.54) is 18.2 Å². The monoisotopic (exact) mass is 316 g/mol. The van der Waals surface area contributed by atoms with E-state index in [4.69, 9.17) is 10.5 Å². The second kappa shape index (κ2) is 6.66. The van der Waals surface area contributed by atoms with Crippen molar-refractivity contribution in [2.24, 2.45) is 11.1 Å². The number of carbonyl (C=O) groups is 1. The van der Waals surface area contributed by atoms with Gasteiger partial charge in [0.15, 0.2) is 0 Å². The molecule has 4 nitrogen and oxygen atoms in total. The summed E-state index contributed by atoms with van der Waals surface area (Å²) in [6.07, 6.45) is -3.47. The highest BCUT2D eigenvalue weighted by Crippen LogP contribution is 2.32. The molecule has 0 aromatic heterocycles. The molecule has 0 radical (unpaired) electrons. The normalized spacial score (nSPS) is 18.0. The fourth-order valence-electron chi connectivity index (χ4n) is 2.60. The smallest absolute Gasteiger partial charge is 0.381 e. The molecule has 0 saturated carbocycles. The zero-order valence-electron chi connectivity index (χ0n) is 12.1. The van der Waals surface area contributed by atoms with E-state index in [9.17, 15) is 18.0 Å². The molecule has 1 fully saturated rings. The Hall–Kier alpha value is -1.60. The Kier molecular flexibility index (Phi) is 5.08. The summed E-state index contributed by atoms with van der Waals surface area (Å²) in [4.78, 5) is 12.4. The van der Waals surface area contributed by atoms with E-state index in [0.29, 0.717) is 26.1 Å². The van der Waals surface area contributed by atoms with E-state index in [0.717, 1.165) is 6.07 Å². The molecule has 1 aliphatic heterocycles. The van der Waals surface area contributed by atoms with Gasteiger partial charge in [-0.25, -0.2) is 0 Å². The maximum atomic E-state index is 12.9. The zero-order valence-corrected chi connectivity index (χ0v) is 12.1. The zero-order chi connectivity index (χ0) is 16.2. The molecule has 22 heavy (non-hydrogen) atoms. The number of carbonyl (C=O) groups excluding carboxylic acids is 1. The van der Waals surface area contributed by atoms with Crippen LogP contribution in [0.4, 0.5) is 13.2 Å². The third-order valence-electron chi connectivity index (χ3n) is 4.08. The van der Waals surface area contributed by atoms with Crippen LogP contribution in [0, 0.1) is 5.41 Å². The maximum absolute atomic E-state index is 12.9. The maximum Gasteiger partial charge on any atom is 0.416 e. The predicted molar refractivity (Wildman–Crippen MR) is 74.8 cm³/mol. The lowest BCUT2D eigenvalue weighted by Crippen LogP contribution is -2.49. The minimum absolute atomic E-state index is 0.0441. The van der Waals surface area contributed by atoms with Crippen molar-refractivity contribution in [3.8, 4) is 0 Å². The van der Waals surface area contributed by atoms with Gasteiger partial charge in [-0.1, -0.05) is 18.2 Å². The van der Waals surface area contributed by atoms with E-state index >= 15 is 0 Å². The highest BCUT2D eigenvalue weighted by Gasteiger charge is 2.39. The average Bonchev–Trinajstić information content (AvgIpc) is 2.52. The van der Waals surface area contributed by atoms with Gasteiger partial charge in [0, 0.05) is 26.3 Å². The minimum atomic E-state index is -4.44. The number of hydrogen-bond donors (Lipinski definition) is 2. The van der Waals surface area contributed by atoms with Crippen LogP contribution in [0.5, 0.6) is 0 Å². The van der Waals surface area contributed by atoms with Gasteiger partial charge in [-0.15, -0.1) is 0 Å². The molecule has 1 heterocycles. The average molecular weight is 316 g/mol. The first-order valence-corrected chi connectivity index (χ1v) is 7.10. The van der Waals surface area contributed by atoms with Gasteiger partial charge in [-0.3, -0.25) is 4.79 Å². The predicted octanol–water partition coefficient (Wildman–Crippen LogP) is 2.08. The summed E-state index contributed by atoms with van der Waals surface area (Å²) in [5, 5.41) is 2.60. The highest BCUT2D eigenvalue weighted by molar-refractivity contribution is 5.83. The van der Waals surface area contributed by atoms with Crippen molar-refractivity contribution >= 4 is 5.91 Å². The molecule has 2 rings (SSSR count). The first-order valence-electron chi connectivity index (χ1n) is 7.10. The Morgan fingerprint density at radius 1 is 1.27 bits per heavy atom. The SMILES string of the molecule is NCC1(C(=O)NCc2ccccc2C(F)(F)F)CCOCC1. The molecule has 0 bridgehead atoms. The van der Waals surface area contributed by atoms with Crippen molar-refractivity contribution in [2.45, 2.75) is 25.6 Å². The Morgan fingerprint density at radius 3 is 2.50 bits per heavy atom. The molecule has 1 aliphatic rings. The van der Waals surface area contributed by atoms with Crippen molar-refractivity contribution in [1.29, 1.82) is 0 Å². The van der Waals surface area contributed by atoms with Gasteiger partial charge in [0.05, 0.1) is 11.0 Å². The van der Waals surface area contributed by atoms with Gasteiger partial charge >= 0.3 is 6.18 Å². The van der Waals surface area contributed by atoms with Crippen LogP contribution in [-0.4, -0.2) is 25.7 Å². The van der Waals surface area contributed by atoms with E-state index < -0.39 is 17.2 Å². The van der Waals surface area contributed by atoms with Crippen LogP contribution in [0.15, 0.2) is 24.3 Å². The van der Waals surface area contributed by atoms with E-state index in [1.54, 1.807) is 0 Å². The van der Waals surface area contributed by atoms with Crippen LogP contribution < -0.4 is 11.1 Å². The second-order valence-electron chi connectivity index (χ2n) is 5.43. The molecule has 7 heteroatoms. The number of halogens is 3. The number of benzene rings is 1. The molecule has 3 N–H and O–H groups in total. The Labute approximate surface area is 126 Å². The Balaban J connectivity index is 2.08. The summed E-state index contributed by atoms with van der Waals surface area (Å²) < 4.78 is 44.0. The number of hydrogen-bond acceptors (Lipinski definition) is 3. The fraction of sp³-hybridized carbons (Fsp3) is 0.533. The fourth-order valence-corrected chi connectivity index (χ4v) is 2.60. The van der Waals surface area contributed by atoms with Gasteiger partial charge in [0.2, 0.25) is 5.91 Å². The van der Waals surface area contributed by atoms with Gasteiger partial charge in [0.25, 0.3) is 0 Å². The van der Waals surface area contributed by atoms with E-state index in [1.807, 2.05) is 0 Å². The molecule has 1 amide bonds. The molecular formula is C15H19F3N2O2. The van der Waals surface area contributed by atoms with Crippen LogP contribution in [0.25, 0.3) is 0 Å². The van der Waals surface area contributed by atoms with Gasteiger partial charge in [0.1, 0.15) is 0 Å². The van der Waals surface area contributed by atoms with Gasteiger partial charge in [-0.05, 0) is 24.5 Å². The molecule has 122 valence electrons. The number of nitrogens with one attached hydrogen (secondary N) is 1. The molecule has 0 aliphatic carbocycles. The summed E-state index contributed by atoms with van der Waals surface area (Å²) in [5.74, 6) is -0.310. The van der Waals surface area contributed by atoms with Crippen molar-refractivity contribution in [3.05, 3.63) is 35.4 Å². The summed E-state index contributed by atoms with van der Waals surface area (Å²) >= 11 is 0. The molecular weight excluding hydrogens is 297 g/mol. The van der Waals surface area contributed by atoms with Gasteiger partial charge < -0.3 is 15.8 Å². The number of alkyl halides is 3. The Morgan fingerprint density at radius 2 is 1.91 bits per heavy atom. The summed E-state index contributed by atoms with van der Waals surface area (Å²) in [6, 6.07) is 5.22. The Bertz CT molecular complexity index is 526. The van der Waals surface area contributed by atoms with Crippen molar-refractivity contribution < 1.29 is 22.7 Å². The van der Waals surface area contributed by atoms with Crippen LogP contribution in [0.2, 0.25) is 0 Å². The van der Waals surface area contributed by atoms with Crippen molar-refractivity contribution in [1.82, 2.24) is 5.32 Å². The molecule has 0 unspecified atom stereocenters. The summed E-state index contributed by atoms with van der Waals surface area (Å²) in [5.41, 5.74) is 4.28. The topological polar surface area (TPSA) is 64.4 Å². The second-order valence-corrected chi connectivity index (χ2v) is 5.43. The molecule has 0 spiro atoms. The van der Waals surface area contributed by atoms with Crippen molar-refractivity contribution in [2.75, 3.05) is 19.8 Å². The van der Waals surface area contributed by atoms with Crippen LogP contribution >= 0.6 is 0 Å². The third kappa shape index (κ3) is 3.59. The van der Waals surface area contributed by atoms with Crippen LogP contribution in [-0.2, 0) is 22.3 Å². The lowest BCUT2D eigenvalue weighted by atomic mass is 9.79. The number of amides is 1. The summed E-state index contributed by atoms with van der Waals surface area (Å²) in [6.45, 7) is 0.855. The first kappa shape index (κ1) is 16.8.